The minimum absolute atomic E-state index is 0.331. The normalized spacial score (nSPS) is 20.4. The van der Waals surface area contributed by atoms with E-state index in [0.29, 0.717) is 12.1 Å². The third kappa shape index (κ3) is 3.44. The smallest absolute Gasteiger partial charge is 0.0453 e. The zero-order valence-corrected chi connectivity index (χ0v) is 11.4. The van der Waals surface area contributed by atoms with Crippen molar-refractivity contribution in [3.63, 3.8) is 0 Å². The van der Waals surface area contributed by atoms with E-state index in [-0.39, 0.29) is 0 Å². The van der Waals surface area contributed by atoms with Crippen LogP contribution in [-0.4, -0.2) is 31.1 Å². The fourth-order valence-electron chi connectivity index (χ4n) is 2.44. The quantitative estimate of drug-likeness (QED) is 0.890. The summed E-state index contributed by atoms with van der Waals surface area (Å²) < 4.78 is 0. The van der Waals surface area contributed by atoms with Crippen LogP contribution < -0.4 is 5.32 Å². The second-order valence-electron chi connectivity index (χ2n) is 4.99. The highest BCUT2D eigenvalue weighted by molar-refractivity contribution is 6.31. The van der Waals surface area contributed by atoms with E-state index in [1.54, 1.807) is 0 Å². The molecule has 1 aromatic carbocycles. The lowest BCUT2D eigenvalue weighted by molar-refractivity contribution is 0.226. The molecule has 1 saturated heterocycles. The predicted octanol–water partition coefficient (Wildman–Crippen LogP) is 3.08. The van der Waals surface area contributed by atoms with E-state index in [1.165, 1.54) is 31.5 Å². The van der Waals surface area contributed by atoms with E-state index in [4.69, 9.17) is 11.6 Å². The van der Waals surface area contributed by atoms with Crippen molar-refractivity contribution >= 4 is 11.6 Å². The van der Waals surface area contributed by atoms with Crippen molar-refractivity contribution in [2.24, 2.45) is 0 Å². The SMILES string of the molecule is C[C@H](NC1CCN(C)CC1)c1ccccc1Cl. The van der Waals surface area contributed by atoms with Crippen LogP contribution in [0, 0.1) is 0 Å². The van der Waals surface area contributed by atoms with E-state index in [0.717, 1.165) is 5.02 Å². The van der Waals surface area contributed by atoms with Gasteiger partial charge in [0.15, 0.2) is 0 Å². The Hall–Kier alpha value is -0.570. The second kappa shape index (κ2) is 5.85. The number of hydrogen-bond acceptors (Lipinski definition) is 2. The molecule has 0 aromatic heterocycles. The van der Waals surface area contributed by atoms with Crippen molar-refractivity contribution in [2.45, 2.75) is 31.8 Å². The van der Waals surface area contributed by atoms with E-state index in [1.807, 2.05) is 18.2 Å². The molecule has 2 rings (SSSR count). The first-order valence-corrected chi connectivity index (χ1v) is 6.73. The molecule has 0 spiro atoms. The van der Waals surface area contributed by atoms with Gasteiger partial charge in [0.1, 0.15) is 0 Å². The van der Waals surface area contributed by atoms with Gasteiger partial charge in [-0.15, -0.1) is 0 Å². The maximum Gasteiger partial charge on any atom is 0.0453 e. The van der Waals surface area contributed by atoms with Crippen LogP contribution in [0.3, 0.4) is 0 Å². The highest BCUT2D eigenvalue weighted by atomic mass is 35.5. The van der Waals surface area contributed by atoms with Crippen molar-refractivity contribution < 1.29 is 0 Å². The summed E-state index contributed by atoms with van der Waals surface area (Å²) in [5.74, 6) is 0. The lowest BCUT2D eigenvalue weighted by atomic mass is 10.0. The van der Waals surface area contributed by atoms with E-state index in [2.05, 4.69) is 30.3 Å². The Morgan fingerprint density at radius 1 is 1.29 bits per heavy atom. The van der Waals surface area contributed by atoms with Crippen LogP contribution in [0.5, 0.6) is 0 Å². The van der Waals surface area contributed by atoms with Crippen LogP contribution in [0.2, 0.25) is 5.02 Å². The first kappa shape index (κ1) is 12.9. The summed E-state index contributed by atoms with van der Waals surface area (Å²) in [6.45, 7) is 4.57. The molecule has 1 aliphatic heterocycles. The Kier molecular flexibility index (Phi) is 4.43. The molecule has 0 radical (unpaired) electrons. The molecule has 3 heteroatoms. The molecular weight excluding hydrogens is 232 g/mol. The highest BCUT2D eigenvalue weighted by Crippen LogP contribution is 2.23. The molecule has 17 heavy (non-hydrogen) atoms. The zero-order chi connectivity index (χ0) is 12.3. The first-order valence-electron chi connectivity index (χ1n) is 6.36. The number of nitrogens with zero attached hydrogens (tertiary/aromatic N) is 1. The number of hydrogen-bond donors (Lipinski definition) is 1. The Balaban J connectivity index is 1.93. The molecule has 0 amide bonds. The van der Waals surface area contributed by atoms with Crippen LogP contribution in [0.1, 0.15) is 31.4 Å². The molecule has 0 saturated carbocycles. The van der Waals surface area contributed by atoms with E-state index >= 15 is 0 Å². The van der Waals surface area contributed by atoms with Crippen LogP contribution in [-0.2, 0) is 0 Å². The number of rotatable bonds is 3. The zero-order valence-electron chi connectivity index (χ0n) is 10.6. The molecule has 1 fully saturated rings. The van der Waals surface area contributed by atoms with Gasteiger partial charge in [0, 0.05) is 17.1 Å². The van der Waals surface area contributed by atoms with Crippen LogP contribution in [0.4, 0.5) is 0 Å². The number of piperidine rings is 1. The summed E-state index contributed by atoms with van der Waals surface area (Å²) in [6.07, 6.45) is 2.45. The van der Waals surface area contributed by atoms with Crippen LogP contribution in [0.15, 0.2) is 24.3 Å². The average molecular weight is 253 g/mol. The summed E-state index contributed by atoms with van der Waals surface area (Å²) in [7, 11) is 2.19. The van der Waals surface area contributed by atoms with Gasteiger partial charge in [0.25, 0.3) is 0 Å². The molecule has 1 aromatic rings. The maximum absolute atomic E-state index is 6.21. The van der Waals surface area contributed by atoms with Gasteiger partial charge in [0.2, 0.25) is 0 Å². The van der Waals surface area contributed by atoms with Gasteiger partial charge in [-0.1, -0.05) is 29.8 Å². The number of halogens is 1. The number of benzene rings is 1. The molecule has 2 nitrogen and oxygen atoms in total. The molecule has 1 aliphatic rings. The topological polar surface area (TPSA) is 15.3 Å². The van der Waals surface area contributed by atoms with Crippen LogP contribution in [0.25, 0.3) is 0 Å². The molecule has 1 atom stereocenters. The fourth-order valence-corrected chi connectivity index (χ4v) is 2.74. The Morgan fingerprint density at radius 3 is 2.59 bits per heavy atom. The molecule has 1 N–H and O–H groups in total. The number of likely N-dealkylation sites (tertiary alicyclic amines) is 1. The van der Waals surface area contributed by atoms with Gasteiger partial charge >= 0.3 is 0 Å². The molecular formula is C14H21ClN2. The summed E-state index contributed by atoms with van der Waals surface area (Å²) in [6, 6.07) is 9.05. The number of nitrogens with one attached hydrogen (secondary N) is 1. The largest absolute Gasteiger partial charge is 0.307 e. The Labute approximate surface area is 109 Å². The fraction of sp³-hybridized carbons (Fsp3) is 0.571. The van der Waals surface area contributed by atoms with E-state index < -0.39 is 0 Å². The standard InChI is InChI=1S/C14H21ClN2/c1-11(13-5-3-4-6-14(13)15)16-12-7-9-17(2)10-8-12/h3-6,11-12,16H,7-10H2,1-2H3/t11-/m0/s1. The van der Waals surface area contributed by atoms with Gasteiger partial charge in [-0.25, -0.2) is 0 Å². The Bertz CT molecular complexity index is 359. The van der Waals surface area contributed by atoms with Gasteiger partial charge in [-0.2, -0.15) is 0 Å². The highest BCUT2D eigenvalue weighted by Gasteiger charge is 2.19. The molecule has 94 valence electrons. The van der Waals surface area contributed by atoms with E-state index in [9.17, 15) is 0 Å². The summed E-state index contributed by atoms with van der Waals surface area (Å²) >= 11 is 6.21. The van der Waals surface area contributed by atoms with Gasteiger partial charge < -0.3 is 10.2 Å². The molecule has 0 aliphatic carbocycles. The lowest BCUT2D eigenvalue weighted by Crippen LogP contribution is -2.41. The average Bonchev–Trinajstić information content (AvgIpc) is 2.32. The summed E-state index contributed by atoms with van der Waals surface area (Å²) in [5, 5.41) is 4.55. The minimum Gasteiger partial charge on any atom is -0.307 e. The Morgan fingerprint density at radius 2 is 1.94 bits per heavy atom. The molecule has 1 heterocycles. The monoisotopic (exact) mass is 252 g/mol. The lowest BCUT2D eigenvalue weighted by Gasteiger charge is -2.32. The maximum atomic E-state index is 6.21. The summed E-state index contributed by atoms with van der Waals surface area (Å²) in [5.41, 5.74) is 1.20. The van der Waals surface area contributed by atoms with Crippen molar-refractivity contribution in [3.8, 4) is 0 Å². The first-order chi connectivity index (χ1) is 8.16. The minimum atomic E-state index is 0.331. The van der Waals surface area contributed by atoms with Gasteiger partial charge in [0.05, 0.1) is 0 Å². The summed E-state index contributed by atoms with van der Waals surface area (Å²) in [4.78, 5) is 2.39. The second-order valence-corrected chi connectivity index (χ2v) is 5.39. The van der Waals surface area contributed by atoms with Crippen molar-refractivity contribution in [2.75, 3.05) is 20.1 Å². The van der Waals surface area contributed by atoms with Crippen molar-refractivity contribution in [1.29, 1.82) is 0 Å². The third-order valence-electron chi connectivity index (χ3n) is 3.58. The third-order valence-corrected chi connectivity index (χ3v) is 3.92. The predicted molar refractivity (Wildman–Crippen MR) is 73.5 cm³/mol. The molecule has 0 unspecified atom stereocenters. The van der Waals surface area contributed by atoms with Crippen molar-refractivity contribution in [1.82, 2.24) is 10.2 Å². The van der Waals surface area contributed by atoms with Gasteiger partial charge in [-0.05, 0) is 51.5 Å². The molecule has 0 bridgehead atoms. The van der Waals surface area contributed by atoms with Gasteiger partial charge in [-0.3, -0.25) is 0 Å². The van der Waals surface area contributed by atoms with Crippen molar-refractivity contribution in [3.05, 3.63) is 34.9 Å². The van der Waals surface area contributed by atoms with Crippen LogP contribution >= 0.6 is 11.6 Å².